The van der Waals surface area contributed by atoms with E-state index in [9.17, 15) is 0 Å². The van der Waals surface area contributed by atoms with Crippen molar-refractivity contribution in [1.82, 2.24) is 9.88 Å². The number of anilines is 1. The first kappa shape index (κ1) is 16.0. The number of hydrogen-bond acceptors (Lipinski definition) is 3. The quantitative estimate of drug-likeness (QED) is 0.824. The fourth-order valence-corrected chi connectivity index (χ4v) is 2.89. The first-order valence-corrected chi connectivity index (χ1v) is 8.26. The van der Waals surface area contributed by atoms with Crippen molar-refractivity contribution in [2.24, 2.45) is 0 Å². The van der Waals surface area contributed by atoms with Crippen molar-refractivity contribution in [3.8, 4) is 5.75 Å². The van der Waals surface area contributed by atoms with Crippen LogP contribution in [-0.4, -0.2) is 28.1 Å². The average molecular weight is 348 g/mol. The van der Waals surface area contributed by atoms with Crippen molar-refractivity contribution in [1.29, 1.82) is 0 Å². The molecule has 3 rings (SSSR count). The summed E-state index contributed by atoms with van der Waals surface area (Å²) in [6, 6.07) is 10.0. The highest BCUT2D eigenvalue weighted by molar-refractivity contribution is 7.80. The minimum Gasteiger partial charge on any atom is -0.497 e. The van der Waals surface area contributed by atoms with Crippen LogP contribution in [0.2, 0.25) is 5.02 Å². The molecule has 0 aliphatic heterocycles. The zero-order chi connectivity index (χ0) is 16.2. The molecule has 23 heavy (non-hydrogen) atoms. The summed E-state index contributed by atoms with van der Waals surface area (Å²) >= 11 is 11.9. The maximum Gasteiger partial charge on any atom is 0.174 e. The number of thiocarbonyl (C=S) groups is 1. The van der Waals surface area contributed by atoms with Crippen molar-refractivity contribution in [2.75, 3.05) is 12.4 Å². The molecule has 0 spiro atoms. The van der Waals surface area contributed by atoms with E-state index in [0.29, 0.717) is 16.2 Å². The van der Waals surface area contributed by atoms with Crippen LogP contribution in [0.5, 0.6) is 5.75 Å². The fourth-order valence-electron chi connectivity index (χ4n) is 2.35. The molecule has 0 bridgehead atoms. The van der Waals surface area contributed by atoms with Gasteiger partial charge in [-0.05, 0) is 54.9 Å². The van der Waals surface area contributed by atoms with Crippen molar-refractivity contribution < 1.29 is 4.74 Å². The van der Waals surface area contributed by atoms with Crippen LogP contribution in [0.15, 0.2) is 42.7 Å². The van der Waals surface area contributed by atoms with E-state index < -0.39 is 0 Å². The number of halogens is 1. The van der Waals surface area contributed by atoms with Gasteiger partial charge in [0, 0.05) is 31.0 Å². The lowest BCUT2D eigenvalue weighted by atomic mass is 10.2. The highest BCUT2D eigenvalue weighted by Gasteiger charge is 2.31. The molecule has 0 atom stereocenters. The second-order valence-corrected chi connectivity index (χ2v) is 6.28. The van der Waals surface area contributed by atoms with Crippen LogP contribution in [0.1, 0.15) is 18.4 Å². The van der Waals surface area contributed by atoms with Gasteiger partial charge < -0.3 is 15.0 Å². The van der Waals surface area contributed by atoms with Gasteiger partial charge in [0.2, 0.25) is 0 Å². The summed E-state index contributed by atoms with van der Waals surface area (Å²) in [6.45, 7) is 0.771. The molecule has 1 heterocycles. The first-order valence-electron chi connectivity index (χ1n) is 7.47. The summed E-state index contributed by atoms with van der Waals surface area (Å²) in [4.78, 5) is 6.27. The molecule has 6 heteroatoms. The molecule has 120 valence electrons. The Morgan fingerprint density at radius 3 is 2.70 bits per heavy atom. The maximum atomic E-state index is 6.28. The van der Waals surface area contributed by atoms with Crippen molar-refractivity contribution in [3.05, 3.63) is 53.3 Å². The van der Waals surface area contributed by atoms with Gasteiger partial charge in [-0.3, -0.25) is 4.98 Å². The van der Waals surface area contributed by atoms with Crippen molar-refractivity contribution >= 4 is 34.6 Å². The standard InChI is InChI=1S/C17H18ClN3OS/c1-22-14-4-5-16(15(18)10-14)20-17(23)21(13-2-3-13)11-12-6-8-19-9-7-12/h4-10,13H,2-3,11H2,1H3,(H,20,23). The number of hydrogen-bond donors (Lipinski definition) is 1. The van der Waals surface area contributed by atoms with E-state index >= 15 is 0 Å². The molecule has 4 nitrogen and oxygen atoms in total. The van der Waals surface area contributed by atoms with Gasteiger partial charge >= 0.3 is 0 Å². The van der Waals surface area contributed by atoms with Gasteiger partial charge in [0.25, 0.3) is 0 Å². The third-order valence-corrected chi connectivity index (χ3v) is 4.42. The van der Waals surface area contributed by atoms with Gasteiger partial charge in [0.1, 0.15) is 5.75 Å². The Hall–Kier alpha value is -1.85. The predicted molar refractivity (Wildman–Crippen MR) is 97.0 cm³/mol. The molecular formula is C17H18ClN3OS. The Balaban J connectivity index is 1.72. The van der Waals surface area contributed by atoms with Crippen LogP contribution in [0.25, 0.3) is 0 Å². The molecule has 0 radical (unpaired) electrons. The van der Waals surface area contributed by atoms with E-state index in [0.717, 1.165) is 18.0 Å². The highest BCUT2D eigenvalue weighted by atomic mass is 35.5. The van der Waals surface area contributed by atoms with Crippen LogP contribution >= 0.6 is 23.8 Å². The van der Waals surface area contributed by atoms with Crippen LogP contribution in [0.3, 0.4) is 0 Å². The number of rotatable bonds is 5. The Bertz CT molecular complexity index is 691. The van der Waals surface area contributed by atoms with E-state index in [-0.39, 0.29) is 0 Å². The molecule has 1 N–H and O–H groups in total. The first-order chi connectivity index (χ1) is 11.2. The zero-order valence-corrected chi connectivity index (χ0v) is 14.4. The summed E-state index contributed by atoms with van der Waals surface area (Å²) in [5.74, 6) is 0.724. The molecule has 1 aromatic carbocycles. The van der Waals surface area contributed by atoms with Crippen molar-refractivity contribution in [3.63, 3.8) is 0 Å². The highest BCUT2D eigenvalue weighted by Crippen LogP contribution is 2.31. The Labute approximate surface area is 146 Å². The third-order valence-electron chi connectivity index (χ3n) is 3.77. The molecule has 1 fully saturated rings. The molecule has 1 saturated carbocycles. The fraction of sp³-hybridized carbons (Fsp3) is 0.294. The van der Waals surface area contributed by atoms with E-state index in [2.05, 4.69) is 15.2 Å². The summed E-state index contributed by atoms with van der Waals surface area (Å²) in [6.07, 6.45) is 5.95. The summed E-state index contributed by atoms with van der Waals surface area (Å²) in [7, 11) is 1.62. The third kappa shape index (κ3) is 4.12. The molecule has 1 aliphatic rings. The van der Waals surface area contributed by atoms with Crippen LogP contribution in [0.4, 0.5) is 5.69 Å². The minimum atomic E-state index is 0.500. The Morgan fingerprint density at radius 1 is 1.35 bits per heavy atom. The van der Waals surface area contributed by atoms with E-state index in [1.54, 1.807) is 25.6 Å². The predicted octanol–water partition coefficient (Wildman–Crippen LogP) is 4.11. The molecule has 0 saturated heterocycles. The molecule has 0 amide bonds. The van der Waals surface area contributed by atoms with Gasteiger partial charge in [-0.2, -0.15) is 0 Å². The lowest BCUT2D eigenvalue weighted by Crippen LogP contribution is -2.36. The number of nitrogens with one attached hydrogen (secondary N) is 1. The number of pyridine rings is 1. The topological polar surface area (TPSA) is 37.4 Å². The molecule has 2 aromatic rings. The SMILES string of the molecule is COc1ccc(NC(=S)N(Cc2ccncc2)C2CC2)c(Cl)c1. The second kappa shape index (κ2) is 7.15. The van der Waals surface area contributed by atoms with Gasteiger partial charge in [-0.1, -0.05) is 11.6 Å². The second-order valence-electron chi connectivity index (χ2n) is 5.49. The number of ether oxygens (including phenoxy) is 1. The smallest absolute Gasteiger partial charge is 0.174 e. The van der Waals surface area contributed by atoms with E-state index in [1.165, 1.54) is 18.4 Å². The van der Waals surface area contributed by atoms with E-state index in [4.69, 9.17) is 28.6 Å². The van der Waals surface area contributed by atoms with Gasteiger partial charge in [-0.25, -0.2) is 0 Å². The van der Waals surface area contributed by atoms with Gasteiger partial charge in [0.15, 0.2) is 5.11 Å². The number of nitrogens with zero attached hydrogens (tertiary/aromatic N) is 2. The molecular weight excluding hydrogens is 330 g/mol. The summed E-state index contributed by atoms with van der Waals surface area (Å²) < 4.78 is 5.17. The molecule has 1 aromatic heterocycles. The normalized spacial score (nSPS) is 13.5. The Morgan fingerprint density at radius 2 is 2.09 bits per heavy atom. The number of benzene rings is 1. The largest absolute Gasteiger partial charge is 0.497 e. The minimum absolute atomic E-state index is 0.500. The van der Waals surface area contributed by atoms with Crippen molar-refractivity contribution in [2.45, 2.75) is 25.4 Å². The van der Waals surface area contributed by atoms with E-state index in [1.807, 2.05) is 24.3 Å². The molecule has 1 aliphatic carbocycles. The zero-order valence-electron chi connectivity index (χ0n) is 12.8. The number of methoxy groups -OCH3 is 1. The monoisotopic (exact) mass is 347 g/mol. The maximum absolute atomic E-state index is 6.28. The van der Waals surface area contributed by atoms with Crippen LogP contribution in [-0.2, 0) is 6.54 Å². The van der Waals surface area contributed by atoms with Crippen LogP contribution in [0, 0.1) is 0 Å². The Kier molecular flexibility index (Phi) is 4.98. The average Bonchev–Trinajstić information content (AvgIpc) is 3.40. The number of aromatic nitrogens is 1. The molecule has 0 unspecified atom stereocenters. The summed E-state index contributed by atoms with van der Waals surface area (Å²) in [5.41, 5.74) is 1.98. The summed E-state index contributed by atoms with van der Waals surface area (Å²) in [5, 5.41) is 4.54. The van der Waals surface area contributed by atoms with Gasteiger partial charge in [0.05, 0.1) is 17.8 Å². The van der Waals surface area contributed by atoms with Gasteiger partial charge in [-0.15, -0.1) is 0 Å². The lowest BCUT2D eigenvalue weighted by molar-refractivity contribution is 0.409. The lowest BCUT2D eigenvalue weighted by Gasteiger charge is -2.26. The van der Waals surface area contributed by atoms with Crippen LogP contribution < -0.4 is 10.1 Å².